The summed E-state index contributed by atoms with van der Waals surface area (Å²) in [6.07, 6.45) is 0. The van der Waals surface area contributed by atoms with Crippen LogP contribution in [0.4, 0.5) is 0 Å². The van der Waals surface area contributed by atoms with Gasteiger partial charge in [-0.05, 0) is 29.5 Å². The van der Waals surface area contributed by atoms with Gasteiger partial charge in [0.15, 0.2) is 0 Å². The van der Waals surface area contributed by atoms with Gasteiger partial charge in [-0.1, -0.05) is 32.0 Å². The molecule has 0 amide bonds. The Morgan fingerprint density at radius 3 is 2.50 bits per heavy atom. The van der Waals surface area contributed by atoms with Gasteiger partial charge in [0, 0.05) is 6.54 Å². The summed E-state index contributed by atoms with van der Waals surface area (Å²) < 4.78 is 0. The van der Waals surface area contributed by atoms with Crippen molar-refractivity contribution in [3.63, 3.8) is 0 Å². The Morgan fingerprint density at radius 1 is 1.33 bits per heavy atom. The second kappa shape index (κ2) is 3.72. The van der Waals surface area contributed by atoms with Crippen molar-refractivity contribution in [2.75, 3.05) is 0 Å². The van der Waals surface area contributed by atoms with E-state index in [1.54, 1.807) is 0 Å². The summed E-state index contributed by atoms with van der Waals surface area (Å²) in [7, 11) is 0. The Balaban J connectivity index is 3.05. The molecule has 0 bridgehead atoms. The summed E-state index contributed by atoms with van der Waals surface area (Å²) in [4.78, 5) is 0. The Morgan fingerprint density at radius 2 is 2.00 bits per heavy atom. The third-order valence-corrected chi connectivity index (χ3v) is 2.26. The van der Waals surface area contributed by atoms with Gasteiger partial charge in [-0.15, -0.1) is 0 Å². The fourth-order valence-electron chi connectivity index (χ4n) is 1.27. The van der Waals surface area contributed by atoms with Gasteiger partial charge in [0.2, 0.25) is 0 Å². The highest BCUT2D eigenvalue weighted by Gasteiger charge is 2.01. The van der Waals surface area contributed by atoms with Crippen molar-refractivity contribution < 1.29 is 0 Å². The first kappa shape index (κ1) is 9.27. The Bertz CT molecular complexity index is 264. The van der Waals surface area contributed by atoms with E-state index >= 15 is 0 Å². The van der Waals surface area contributed by atoms with E-state index < -0.39 is 0 Å². The minimum atomic E-state index is 0.593. The summed E-state index contributed by atoms with van der Waals surface area (Å²) in [6.45, 7) is 7.15. The molecule has 0 spiro atoms. The van der Waals surface area contributed by atoms with Crippen LogP contribution in [0.15, 0.2) is 18.2 Å². The zero-order valence-electron chi connectivity index (χ0n) is 8.09. The van der Waals surface area contributed by atoms with Crippen molar-refractivity contribution in [3.8, 4) is 0 Å². The molecule has 12 heavy (non-hydrogen) atoms. The van der Waals surface area contributed by atoms with Crippen molar-refractivity contribution in [1.82, 2.24) is 0 Å². The van der Waals surface area contributed by atoms with Crippen LogP contribution in [0, 0.1) is 6.92 Å². The van der Waals surface area contributed by atoms with Crippen molar-refractivity contribution in [1.29, 1.82) is 0 Å². The predicted molar refractivity (Wildman–Crippen MR) is 53.2 cm³/mol. The largest absolute Gasteiger partial charge is 0.326 e. The van der Waals surface area contributed by atoms with Gasteiger partial charge in [0.1, 0.15) is 0 Å². The monoisotopic (exact) mass is 163 g/mol. The molecule has 1 nitrogen and oxygen atoms in total. The van der Waals surface area contributed by atoms with Crippen LogP contribution in [0.5, 0.6) is 0 Å². The standard InChI is InChI=1S/C11H17N/c1-8(2)10-5-4-9(3)11(6-10)7-12/h4-6,8H,7,12H2,1-3H3. The SMILES string of the molecule is Cc1ccc(C(C)C)cc1CN. The van der Waals surface area contributed by atoms with Crippen LogP contribution < -0.4 is 5.73 Å². The number of rotatable bonds is 2. The molecule has 0 saturated heterocycles. The van der Waals surface area contributed by atoms with E-state index in [1.807, 2.05) is 0 Å². The lowest BCUT2D eigenvalue weighted by Gasteiger charge is -2.09. The number of benzene rings is 1. The molecule has 0 radical (unpaired) electrons. The van der Waals surface area contributed by atoms with E-state index in [1.165, 1.54) is 16.7 Å². The summed E-state index contributed by atoms with van der Waals surface area (Å²) >= 11 is 0. The van der Waals surface area contributed by atoms with Crippen LogP contribution in [0.3, 0.4) is 0 Å². The van der Waals surface area contributed by atoms with Crippen LogP contribution >= 0.6 is 0 Å². The van der Waals surface area contributed by atoms with E-state index in [9.17, 15) is 0 Å². The average molecular weight is 163 g/mol. The van der Waals surface area contributed by atoms with Crippen molar-refractivity contribution in [2.45, 2.75) is 33.2 Å². The molecule has 66 valence electrons. The third kappa shape index (κ3) is 1.86. The quantitative estimate of drug-likeness (QED) is 0.712. The van der Waals surface area contributed by atoms with Crippen molar-refractivity contribution in [2.24, 2.45) is 5.73 Å². The van der Waals surface area contributed by atoms with E-state index in [0.29, 0.717) is 12.5 Å². The molecule has 1 rings (SSSR count). The van der Waals surface area contributed by atoms with E-state index in [2.05, 4.69) is 39.0 Å². The zero-order valence-corrected chi connectivity index (χ0v) is 8.09. The maximum absolute atomic E-state index is 5.62. The first-order valence-electron chi connectivity index (χ1n) is 4.44. The molecule has 0 aliphatic rings. The van der Waals surface area contributed by atoms with Crippen LogP contribution in [-0.2, 0) is 6.54 Å². The van der Waals surface area contributed by atoms with E-state index in [4.69, 9.17) is 5.73 Å². The van der Waals surface area contributed by atoms with Gasteiger partial charge in [-0.2, -0.15) is 0 Å². The second-order valence-electron chi connectivity index (χ2n) is 3.54. The zero-order chi connectivity index (χ0) is 9.14. The molecule has 0 aromatic heterocycles. The molecule has 1 aromatic carbocycles. The number of hydrogen-bond donors (Lipinski definition) is 1. The highest BCUT2D eigenvalue weighted by atomic mass is 14.5. The lowest BCUT2D eigenvalue weighted by atomic mass is 9.98. The molecule has 0 atom stereocenters. The van der Waals surface area contributed by atoms with Crippen LogP contribution in [0.1, 0.15) is 36.5 Å². The number of nitrogens with two attached hydrogens (primary N) is 1. The van der Waals surface area contributed by atoms with Gasteiger partial charge in [0.05, 0.1) is 0 Å². The van der Waals surface area contributed by atoms with Crippen LogP contribution in [0.2, 0.25) is 0 Å². The Hall–Kier alpha value is -0.820. The third-order valence-electron chi connectivity index (χ3n) is 2.26. The first-order valence-corrected chi connectivity index (χ1v) is 4.44. The van der Waals surface area contributed by atoms with Crippen LogP contribution in [-0.4, -0.2) is 0 Å². The molecule has 0 heterocycles. The molecule has 0 aliphatic carbocycles. The number of hydrogen-bond acceptors (Lipinski definition) is 1. The predicted octanol–water partition coefficient (Wildman–Crippen LogP) is 2.58. The van der Waals surface area contributed by atoms with Gasteiger partial charge in [0.25, 0.3) is 0 Å². The average Bonchev–Trinajstić information content (AvgIpc) is 2.05. The highest BCUT2D eigenvalue weighted by molar-refractivity contribution is 5.32. The molecular weight excluding hydrogens is 146 g/mol. The van der Waals surface area contributed by atoms with Crippen LogP contribution in [0.25, 0.3) is 0 Å². The van der Waals surface area contributed by atoms with E-state index in [-0.39, 0.29) is 0 Å². The fraction of sp³-hybridized carbons (Fsp3) is 0.455. The molecule has 1 aromatic rings. The normalized spacial score (nSPS) is 10.8. The van der Waals surface area contributed by atoms with Crippen molar-refractivity contribution >= 4 is 0 Å². The lowest BCUT2D eigenvalue weighted by Crippen LogP contribution is -2.00. The summed E-state index contributed by atoms with van der Waals surface area (Å²) in [5, 5.41) is 0. The minimum Gasteiger partial charge on any atom is -0.326 e. The second-order valence-corrected chi connectivity index (χ2v) is 3.54. The van der Waals surface area contributed by atoms with Gasteiger partial charge in [-0.3, -0.25) is 0 Å². The Labute approximate surface area is 74.6 Å². The first-order chi connectivity index (χ1) is 5.65. The number of aryl methyl sites for hydroxylation is 1. The summed E-state index contributed by atoms with van der Waals surface area (Å²) in [5.41, 5.74) is 9.55. The molecule has 2 N–H and O–H groups in total. The fourth-order valence-corrected chi connectivity index (χ4v) is 1.27. The lowest BCUT2D eigenvalue weighted by molar-refractivity contribution is 0.859. The molecule has 0 fully saturated rings. The van der Waals surface area contributed by atoms with E-state index in [0.717, 1.165) is 0 Å². The van der Waals surface area contributed by atoms with Crippen molar-refractivity contribution in [3.05, 3.63) is 34.9 Å². The molecule has 0 aliphatic heterocycles. The summed E-state index contributed by atoms with van der Waals surface area (Å²) in [6, 6.07) is 6.54. The Kier molecular flexibility index (Phi) is 2.88. The molecular formula is C11H17N. The maximum atomic E-state index is 5.62. The maximum Gasteiger partial charge on any atom is 0.0180 e. The minimum absolute atomic E-state index is 0.593. The topological polar surface area (TPSA) is 26.0 Å². The summed E-state index contributed by atoms with van der Waals surface area (Å²) in [5.74, 6) is 0.593. The molecule has 1 heteroatoms. The smallest absolute Gasteiger partial charge is 0.0180 e. The molecule has 0 unspecified atom stereocenters. The van der Waals surface area contributed by atoms with Gasteiger partial charge >= 0.3 is 0 Å². The highest BCUT2D eigenvalue weighted by Crippen LogP contribution is 2.17. The van der Waals surface area contributed by atoms with Gasteiger partial charge < -0.3 is 5.73 Å². The molecule has 0 saturated carbocycles. The van der Waals surface area contributed by atoms with Gasteiger partial charge in [-0.25, -0.2) is 0 Å².